The zero-order valence-electron chi connectivity index (χ0n) is 10.1. The van der Waals surface area contributed by atoms with Crippen LogP contribution in [0.2, 0.25) is 0 Å². The van der Waals surface area contributed by atoms with Crippen molar-refractivity contribution in [2.24, 2.45) is 5.92 Å². The standard InChI is InChI=1S/C12H25NO2/c1-3-5-6-7-8-11(9-10-14)12(15)13-4-2/h11,14H,3-10H2,1-2H3,(H,13,15). The summed E-state index contributed by atoms with van der Waals surface area (Å²) in [5.41, 5.74) is 0. The molecule has 0 bridgehead atoms. The van der Waals surface area contributed by atoms with Gasteiger partial charge in [0.2, 0.25) is 5.91 Å². The van der Waals surface area contributed by atoms with E-state index < -0.39 is 0 Å². The van der Waals surface area contributed by atoms with Gasteiger partial charge in [-0.1, -0.05) is 32.6 Å². The van der Waals surface area contributed by atoms with Crippen molar-refractivity contribution < 1.29 is 9.90 Å². The topological polar surface area (TPSA) is 49.3 Å². The lowest BCUT2D eigenvalue weighted by Gasteiger charge is -2.14. The first-order valence-corrected chi connectivity index (χ1v) is 6.14. The fourth-order valence-corrected chi connectivity index (χ4v) is 1.70. The molecule has 0 rings (SSSR count). The summed E-state index contributed by atoms with van der Waals surface area (Å²) in [6.45, 7) is 4.88. The summed E-state index contributed by atoms with van der Waals surface area (Å²) in [7, 11) is 0. The van der Waals surface area contributed by atoms with E-state index in [1.807, 2.05) is 6.92 Å². The SMILES string of the molecule is CCCCCCC(CCO)C(=O)NCC. The van der Waals surface area contributed by atoms with Crippen LogP contribution >= 0.6 is 0 Å². The molecule has 0 aromatic carbocycles. The first-order chi connectivity index (χ1) is 7.26. The predicted octanol–water partition coefficient (Wildman–Crippen LogP) is 2.09. The van der Waals surface area contributed by atoms with Gasteiger partial charge in [0.1, 0.15) is 0 Å². The second-order valence-corrected chi connectivity index (χ2v) is 3.95. The molecule has 0 radical (unpaired) electrons. The molecule has 15 heavy (non-hydrogen) atoms. The Morgan fingerprint density at radius 3 is 2.47 bits per heavy atom. The summed E-state index contributed by atoms with van der Waals surface area (Å²) in [4.78, 5) is 11.6. The third-order valence-electron chi connectivity index (χ3n) is 2.61. The highest BCUT2D eigenvalue weighted by Gasteiger charge is 2.16. The van der Waals surface area contributed by atoms with Crippen LogP contribution in [0.3, 0.4) is 0 Å². The second-order valence-electron chi connectivity index (χ2n) is 3.95. The largest absolute Gasteiger partial charge is 0.396 e. The molecule has 0 fully saturated rings. The summed E-state index contributed by atoms with van der Waals surface area (Å²) >= 11 is 0. The molecule has 0 aliphatic carbocycles. The number of carbonyl (C=O) groups excluding carboxylic acids is 1. The smallest absolute Gasteiger partial charge is 0.223 e. The Hall–Kier alpha value is -0.570. The van der Waals surface area contributed by atoms with Gasteiger partial charge in [-0.05, 0) is 19.8 Å². The van der Waals surface area contributed by atoms with Crippen LogP contribution in [0.15, 0.2) is 0 Å². The van der Waals surface area contributed by atoms with E-state index in [2.05, 4.69) is 12.2 Å². The van der Waals surface area contributed by atoms with Gasteiger partial charge >= 0.3 is 0 Å². The van der Waals surface area contributed by atoms with Crippen molar-refractivity contribution in [1.82, 2.24) is 5.32 Å². The van der Waals surface area contributed by atoms with E-state index in [4.69, 9.17) is 5.11 Å². The van der Waals surface area contributed by atoms with Crippen LogP contribution in [0, 0.1) is 5.92 Å². The van der Waals surface area contributed by atoms with Gasteiger partial charge in [-0.25, -0.2) is 0 Å². The van der Waals surface area contributed by atoms with Crippen LogP contribution in [-0.4, -0.2) is 24.2 Å². The number of aliphatic hydroxyl groups excluding tert-OH is 1. The summed E-state index contributed by atoms with van der Waals surface area (Å²) in [6.07, 6.45) is 6.24. The van der Waals surface area contributed by atoms with Gasteiger partial charge in [-0.3, -0.25) is 4.79 Å². The molecule has 0 aromatic rings. The third-order valence-corrected chi connectivity index (χ3v) is 2.61. The molecular weight excluding hydrogens is 190 g/mol. The fourth-order valence-electron chi connectivity index (χ4n) is 1.70. The number of unbranched alkanes of at least 4 members (excludes halogenated alkanes) is 3. The Bertz CT molecular complexity index is 160. The van der Waals surface area contributed by atoms with Gasteiger partial charge in [0, 0.05) is 19.1 Å². The first kappa shape index (κ1) is 14.4. The van der Waals surface area contributed by atoms with Crippen LogP contribution < -0.4 is 5.32 Å². The molecule has 3 nitrogen and oxygen atoms in total. The monoisotopic (exact) mass is 215 g/mol. The molecule has 0 saturated carbocycles. The van der Waals surface area contributed by atoms with E-state index in [0.717, 1.165) is 12.8 Å². The molecule has 0 aliphatic heterocycles. The average molecular weight is 215 g/mol. The Morgan fingerprint density at radius 2 is 1.93 bits per heavy atom. The summed E-state index contributed by atoms with van der Waals surface area (Å²) in [6, 6.07) is 0. The number of hydrogen-bond acceptors (Lipinski definition) is 2. The molecular formula is C12H25NO2. The number of nitrogens with one attached hydrogen (secondary N) is 1. The van der Waals surface area contributed by atoms with E-state index in [9.17, 15) is 4.79 Å². The predicted molar refractivity (Wildman–Crippen MR) is 62.6 cm³/mol. The molecule has 2 N–H and O–H groups in total. The van der Waals surface area contributed by atoms with Gasteiger partial charge in [-0.15, -0.1) is 0 Å². The van der Waals surface area contributed by atoms with Crippen LogP contribution in [-0.2, 0) is 4.79 Å². The van der Waals surface area contributed by atoms with E-state index in [1.54, 1.807) is 0 Å². The normalized spacial score (nSPS) is 12.5. The Labute approximate surface area is 93.3 Å². The summed E-state index contributed by atoms with van der Waals surface area (Å²) in [5.74, 6) is 0.106. The second kappa shape index (κ2) is 9.97. The lowest BCUT2D eigenvalue weighted by atomic mass is 9.97. The van der Waals surface area contributed by atoms with Crippen molar-refractivity contribution >= 4 is 5.91 Å². The highest BCUT2D eigenvalue weighted by Crippen LogP contribution is 2.14. The van der Waals surface area contributed by atoms with E-state index in [-0.39, 0.29) is 18.4 Å². The maximum absolute atomic E-state index is 11.6. The zero-order valence-corrected chi connectivity index (χ0v) is 10.1. The fraction of sp³-hybridized carbons (Fsp3) is 0.917. The number of hydrogen-bond donors (Lipinski definition) is 2. The minimum absolute atomic E-state index is 0.00630. The van der Waals surface area contributed by atoms with E-state index >= 15 is 0 Å². The first-order valence-electron chi connectivity index (χ1n) is 6.14. The van der Waals surface area contributed by atoms with Crippen molar-refractivity contribution in [3.63, 3.8) is 0 Å². The number of carbonyl (C=O) groups is 1. The number of rotatable bonds is 9. The highest BCUT2D eigenvalue weighted by molar-refractivity contribution is 5.78. The number of aliphatic hydroxyl groups is 1. The Balaban J connectivity index is 3.76. The molecule has 0 spiro atoms. The van der Waals surface area contributed by atoms with Crippen molar-refractivity contribution in [3.05, 3.63) is 0 Å². The molecule has 3 heteroatoms. The highest BCUT2D eigenvalue weighted by atomic mass is 16.3. The van der Waals surface area contributed by atoms with Gasteiger partial charge in [0.15, 0.2) is 0 Å². The Kier molecular flexibility index (Phi) is 9.59. The van der Waals surface area contributed by atoms with E-state index in [0.29, 0.717) is 13.0 Å². The van der Waals surface area contributed by atoms with E-state index in [1.165, 1.54) is 19.3 Å². The Morgan fingerprint density at radius 1 is 1.20 bits per heavy atom. The minimum Gasteiger partial charge on any atom is -0.396 e. The summed E-state index contributed by atoms with van der Waals surface area (Å²) < 4.78 is 0. The summed E-state index contributed by atoms with van der Waals surface area (Å²) in [5, 5.41) is 11.7. The third kappa shape index (κ3) is 7.37. The van der Waals surface area contributed by atoms with Crippen LogP contribution in [0.5, 0.6) is 0 Å². The molecule has 90 valence electrons. The number of amides is 1. The van der Waals surface area contributed by atoms with Gasteiger partial charge in [0.05, 0.1) is 0 Å². The minimum atomic E-state index is 0.00630. The molecule has 0 aliphatic rings. The average Bonchev–Trinajstić information content (AvgIpc) is 2.23. The van der Waals surface area contributed by atoms with Crippen molar-refractivity contribution in [3.8, 4) is 0 Å². The molecule has 1 unspecified atom stereocenters. The molecule has 1 amide bonds. The van der Waals surface area contributed by atoms with Crippen LogP contribution in [0.1, 0.15) is 52.4 Å². The lowest BCUT2D eigenvalue weighted by Crippen LogP contribution is -2.31. The quantitative estimate of drug-likeness (QED) is 0.579. The van der Waals surface area contributed by atoms with Crippen molar-refractivity contribution in [2.45, 2.75) is 52.4 Å². The van der Waals surface area contributed by atoms with Crippen molar-refractivity contribution in [1.29, 1.82) is 0 Å². The molecule has 0 saturated heterocycles. The molecule has 0 aromatic heterocycles. The van der Waals surface area contributed by atoms with Gasteiger partial charge < -0.3 is 10.4 Å². The molecule has 1 atom stereocenters. The lowest BCUT2D eigenvalue weighted by molar-refractivity contribution is -0.125. The van der Waals surface area contributed by atoms with Crippen molar-refractivity contribution in [2.75, 3.05) is 13.2 Å². The van der Waals surface area contributed by atoms with Crippen LogP contribution in [0.25, 0.3) is 0 Å². The maximum Gasteiger partial charge on any atom is 0.223 e. The van der Waals surface area contributed by atoms with Crippen LogP contribution in [0.4, 0.5) is 0 Å². The maximum atomic E-state index is 11.6. The van der Waals surface area contributed by atoms with Gasteiger partial charge in [-0.2, -0.15) is 0 Å². The zero-order chi connectivity index (χ0) is 11.5. The van der Waals surface area contributed by atoms with Gasteiger partial charge in [0.25, 0.3) is 0 Å². The molecule has 0 heterocycles.